The second kappa shape index (κ2) is 10.1. The Kier molecular flexibility index (Phi) is 6.71. The van der Waals surface area contributed by atoms with Gasteiger partial charge in [-0.2, -0.15) is 0 Å². The molecule has 2 N–H and O–H groups in total. The molecule has 0 saturated carbocycles. The van der Waals surface area contributed by atoms with Crippen molar-refractivity contribution in [3.8, 4) is 0 Å². The molecule has 2 heterocycles. The van der Waals surface area contributed by atoms with Crippen molar-refractivity contribution < 1.29 is 19.1 Å². The number of hydrogen-bond donors (Lipinski definition) is 2. The Hall–Kier alpha value is -3.75. The van der Waals surface area contributed by atoms with Crippen molar-refractivity contribution in [2.75, 3.05) is 39.4 Å². The Morgan fingerprint density at radius 2 is 1.69 bits per heavy atom. The number of carbonyl (C=O) groups excluding carboxylic acids is 3. The van der Waals surface area contributed by atoms with Crippen molar-refractivity contribution in [1.82, 2.24) is 20.4 Å². The van der Waals surface area contributed by atoms with Crippen molar-refractivity contribution in [3.05, 3.63) is 83.9 Å². The smallest absolute Gasteiger partial charge is 0.325 e. The molecule has 2 aliphatic heterocycles. The SMILES string of the molecule is C[C@@]1(c2ccc3ccccc3c2)NC(=O)N(CC(=O)N[C@@H](CN2CCOCC2)c2ccccc2)C1=O. The number of hydrogen-bond acceptors (Lipinski definition) is 5. The molecule has 0 aromatic heterocycles. The Morgan fingerprint density at radius 3 is 2.44 bits per heavy atom. The van der Waals surface area contributed by atoms with Gasteiger partial charge in [-0.15, -0.1) is 0 Å². The van der Waals surface area contributed by atoms with Gasteiger partial charge < -0.3 is 15.4 Å². The summed E-state index contributed by atoms with van der Waals surface area (Å²) in [5, 5.41) is 7.87. The fourth-order valence-electron chi connectivity index (χ4n) is 4.88. The van der Waals surface area contributed by atoms with Crippen molar-refractivity contribution in [2.45, 2.75) is 18.5 Å². The summed E-state index contributed by atoms with van der Waals surface area (Å²) in [6.45, 7) is 4.85. The van der Waals surface area contributed by atoms with Gasteiger partial charge in [0, 0.05) is 19.6 Å². The van der Waals surface area contributed by atoms with Gasteiger partial charge in [0.1, 0.15) is 12.1 Å². The van der Waals surface area contributed by atoms with Gasteiger partial charge in [0.05, 0.1) is 19.3 Å². The van der Waals surface area contributed by atoms with Crippen LogP contribution in [-0.4, -0.2) is 67.0 Å². The molecule has 36 heavy (non-hydrogen) atoms. The summed E-state index contributed by atoms with van der Waals surface area (Å²) in [4.78, 5) is 42.6. The molecule has 8 heteroatoms. The number of rotatable bonds is 7. The molecule has 0 bridgehead atoms. The largest absolute Gasteiger partial charge is 0.379 e. The highest BCUT2D eigenvalue weighted by atomic mass is 16.5. The number of nitrogens with one attached hydrogen (secondary N) is 2. The Morgan fingerprint density at radius 1 is 1.00 bits per heavy atom. The van der Waals surface area contributed by atoms with Crippen molar-refractivity contribution in [2.24, 2.45) is 0 Å². The molecule has 2 atom stereocenters. The molecule has 2 aliphatic rings. The summed E-state index contributed by atoms with van der Waals surface area (Å²) in [7, 11) is 0. The summed E-state index contributed by atoms with van der Waals surface area (Å²) in [5.74, 6) is -0.828. The number of carbonyl (C=O) groups is 3. The number of urea groups is 1. The van der Waals surface area contributed by atoms with Crippen LogP contribution >= 0.6 is 0 Å². The third-order valence-electron chi connectivity index (χ3n) is 6.99. The standard InChI is InChI=1S/C28H30N4O4/c1-28(23-12-11-20-7-5-6-10-22(20)17-23)26(34)32(27(35)30-28)19-25(33)29-24(21-8-3-2-4-9-21)18-31-13-15-36-16-14-31/h2-12,17,24H,13-16,18-19H2,1H3,(H,29,33)(H,30,35)/t24-,28-/m0/s1. The molecule has 0 aliphatic carbocycles. The zero-order valence-corrected chi connectivity index (χ0v) is 20.3. The molecule has 3 aromatic carbocycles. The maximum absolute atomic E-state index is 13.4. The molecule has 2 saturated heterocycles. The van der Waals surface area contributed by atoms with Crippen LogP contribution in [0.25, 0.3) is 10.8 Å². The fraction of sp³-hybridized carbons (Fsp3) is 0.321. The van der Waals surface area contributed by atoms with Gasteiger partial charge in [-0.1, -0.05) is 66.7 Å². The first-order valence-corrected chi connectivity index (χ1v) is 12.2. The zero-order valence-electron chi connectivity index (χ0n) is 20.3. The van der Waals surface area contributed by atoms with E-state index in [1.54, 1.807) is 6.92 Å². The third kappa shape index (κ3) is 4.82. The van der Waals surface area contributed by atoms with Crippen molar-refractivity contribution in [1.29, 1.82) is 0 Å². The van der Waals surface area contributed by atoms with E-state index < -0.39 is 17.5 Å². The molecular weight excluding hydrogens is 456 g/mol. The summed E-state index contributed by atoms with van der Waals surface area (Å²) in [6.07, 6.45) is 0. The molecule has 4 amide bonds. The average molecular weight is 487 g/mol. The Bertz CT molecular complexity index is 1270. The molecule has 5 rings (SSSR count). The number of fused-ring (bicyclic) bond motifs is 1. The maximum Gasteiger partial charge on any atom is 0.325 e. The van der Waals surface area contributed by atoms with Crippen LogP contribution in [0.15, 0.2) is 72.8 Å². The number of amides is 4. The topological polar surface area (TPSA) is 91.0 Å². The Balaban J connectivity index is 1.31. The van der Waals surface area contributed by atoms with E-state index in [1.807, 2.05) is 72.8 Å². The number of ether oxygens (including phenoxy) is 1. The number of nitrogens with zero attached hydrogens (tertiary/aromatic N) is 2. The summed E-state index contributed by atoms with van der Waals surface area (Å²) < 4.78 is 5.44. The summed E-state index contributed by atoms with van der Waals surface area (Å²) in [5.41, 5.74) is 0.404. The highest BCUT2D eigenvalue weighted by Crippen LogP contribution is 2.31. The first-order chi connectivity index (χ1) is 17.4. The van der Waals surface area contributed by atoms with E-state index in [-0.39, 0.29) is 18.5 Å². The molecule has 0 radical (unpaired) electrons. The second-order valence-corrected chi connectivity index (χ2v) is 9.45. The highest BCUT2D eigenvalue weighted by molar-refractivity contribution is 6.09. The van der Waals surface area contributed by atoms with Crippen LogP contribution in [-0.2, 0) is 19.9 Å². The third-order valence-corrected chi connectivity index (χ3v) is 6.99. The lowest BCUT2D eigenvalue weighted by molar-refractivity contribution is -0.135. The average Bonchev–Trinajstić information content (AvgIpc) is 3.12. The highest BCUT2D eigenvalue weighted by Gasteiger charge is 2.49. The van der Waals surface area contributed by atoms with Gasteiger partial charge >= 0.3 is 6.03 Å². The minimum Gasteiger partial charge on any atom is -0.379 e. The molecule has 186 valence electrons. The Labute approximate surface area is 210 Å². The van der Waals surface area contributed by atoms with Gasteiger partial charge in [0.15, 0.2) is 0 Å². The fourth-order valence-corrected chi connectivity index (χ4v) is 4.88. The number of imide groups is 1. The lowest BCUT2D eigenvalue weighted by atomic mass is 9.90. The molecule has 0 unspecified atom stereocenters. The van der Waals surface area contributed by atoms with E-state index in [0.29, 0.717) is 25.3 Å². The number of morpholine rings is 1. The van der Waals surface area contributed by atoms with Crippen LogP contribution in [0.4, 0.5) is 4.79 Å². The van der Waals surface area contributed by atoms with Gasteiger partial charge in [-0.05, 0) is 34.9 Å². The van der Waals surface area contributed by atoms with Crippen LogP contribution in [0.5, 0.6) is 0 Å². The van der Waals surface area contributed by atoms with Crippen LogP contribution in [0.1, 0.15) is 24.1 Å². The molecule has 8 nitrogen and oxygen atoms in total. The van der Waals surface area contributed by atoms with Gasteiger partial charge in [-0.25, -0.2) is 4.79 Å². The normalized spacial score (nSPS) is 21.4. The minimum atomic E-state index is -1.24. The summed E-state index contributed by atoms with van der Waals surface area (Å²) in [6, 6.07) is 22.4. The van der Waals surface area contributed by atoms with E-state index >= 15 is 0 Å². The zero-order chi connectivity index (χ0) is 25.1. The quantitative estimate of drug-likeness (QED) is 0.501. The molecule has 0 spiro atoms. The van der Waals surface area contributed by atoms with Gasteiger partial charge in [0.2, 0.25) is 5.91 Å². The van der Waals surface area contributed by atoms with Crippen LogP contribution in [0.2, 0.25) is 0 Å². The van der Waals surface area contributed by atoms with E-state index in [2.05, 4.69) is 15.5 Å². The van der Waals surface area contributed by atoms with Crippen molar-refractivity contribution >= 4 is 28.6 Å². The lowest BCUT2D eigenvalue weighted by Gasteiger charge is -2.31. The predicted molar refractivity (Wildman–Crippen MR) is 136 cm³/mol. The predicted octanol–water partition coefficient (Wildman–Crippen LogP) is 2.80. The maximum atomic E-state index is 13.4. The molecule has 3 aromatic rings. The minimum absolute atomic E-state index is 0.274. The van der Waals surface area contributed by atoms with E-state index in [9.17, 15) is 14.4 Å². The molecular formula is C28H30N4O4. The van der Waals surface area contributed by atoms with E-state index in [1.165, 1.54) is 0 Å². The first kappa shape index (κ1) is 24.0. The van der Waals surface area contributed by atoms with E-state index in [0.717, 1.165) is 34.3 Å². The lowest BCUT2D eigenvalue weighted by Crippen LogP contribution is -2.47. The van der Waals surface area contributed by atoms with E-state index in [4.69, 9.17) is 4.74 Å². The molecule has 2 fully saturated rings. The van der Waals surface area contributed by atoms with Gasteiger partial charge in [-0.3, -0.25) is 19.4 Å². The van der Waals surface area contributed by atoms with Crippen LogP contribution in [0.3, 0.4) is 0 Å². The number of benzene rings is 3. The van der Waals surface area contributed by atoms with Crippen LogP contribution < -0.4 is 10.6 Å². The monoisotopic (exact) mass is 486 g/mol. The van der Waals surface area contributed by atoms with Gasteiger partial charge in [0.25, 0.3) is 5.91 Å². The summed E-state index contributed by atoms with van der Waals surface area (Å²) >= 11 is 0. The second-order valence-electron chi connectivity index (χ2n) is 9.45. The van der Waals surface area contributed by atoms with Crippen LogP contribution in [0, 0.1) is 0 Å². The van der Waals surface area contributed by atoms with Crippen molar-refractivity contribution in [3.63, 3.8) is 0 Å². The first-order valence-electron chi connectivity index (χ1n) is 12.2.